The summed E-state index contributed by atoms with van der Waals surface area (Å²) >= 11 is 0. The number of unbranched alkanes of at least 4 members (excludes halogenated alkanes) is 2. The zero-order valence-electron chi connectivity index (χ0n) is 10.4. The Morgan fingerprint density at radius 1 is 1.21 bits per heavy atom. The minimum Gasteiger partial charge on any atom is -0.330 e. The summed E-state index contributed by atoms with van der Waals surface area (Å²) in [5.74, 6) is 0. The molecular formula is C11H17N3O4S. The van der Waals surface area contributed by atoms with E-state index in [0.29, 0.717) is 13.0 Å². The smallest absolute Gasteiger partial charge is 0.289 e. The van der Waals surface area contributed by atoms with Crippen LogP contribution in [-0.4, -0.2) is 26.4 Å². The molecule has 1 aromatic rings. The van der Waals surface area contributed by atoms with Gasteiger partial charge in [-0.25, -0.2) is 13.1 Å². The number of nitro groups is 1. The van der Waals surface area contributed by atoms with Crippen molar-refractivity contribution in [2.75, 3.05) is 13.1 Å². The molecule has 0 saturated heterocycles. The van der Waals surface area contributed by atoms with Crippen molar-refractivity contribution in [1.82, 2.24) is 4.72 Å². The largest absolute Gasteiger partial charge is 0.330 e. The molecule has 0 heterocycles. The summed E-state index contributed by atoms with van der Waals surface area (Å²) in [6, 6.07) is 5.28. The molecule has 0 atom stereocenters. The number of nitrogens with zero attached hydrogens (tertiary/aromatic N) is 1. The number of rotatable bonds is 8. The predicted octanol–water partition coefficient (Wildman–Crippen LogP) is 1.00. The van der Waals surface area contributed by atoms with Crippen molar-refractivity contribution < 1.29 is 13.3 Å². The molecule has 0 aliphatic carbocycles. The molecule has 0 spiro atoms. The monoisotopic (exact) mass is 287 g/mol. The average Bonchev–Trinajstić information content (AvgIpc) is 2.38. The van der Waals surface area contributed by atoms with Crippen molar-refractivity contribution in [3.05, 3.63) is 34.4 Å². The van der Waals surface area contributed by atoms with E-state index in [1.54, 1.807) is 0 Å². The Morgan fingerprint density at radius 3 is 2.53 bits per heavy atom. The van der Waals surface area contributed by atoms with Crippen molar-refractivity contribution in [2.24, 2.45) is 5.73 Å². The third-order valence-corrected chi connectivity index (χ3v) is 4.03. The Kier molecular flexibility index (Phi) is 5.87. The van der Waals surface area contributed by atoms with Gasteiger partial charge in [0.25, 0.3) is 5.69 Å². The molecule has 0 bridgehead atoms. The second-order valence-electron chi connectivity index (χ2n) is 3.97. The van der Waals surface area contributed by atoms with Gasteiger partial charge in [-0.3, -0.25) is 10.1 Å². The number of hydrogen-bond donors (Lipinski definition) is 2. The van der Waals surface area contributed by atoms with Gasteiger partial charge in [-0.05, 0) is 25.5 Å². The van der Waals surface area contributed by atoms with Crippen LogP contribution in [0.25, 0.3) is 0 Å². The first-order chi connectivity index (χ1) is 8.99. The molecule has 0 amide bonds. The molecule has 19 heavy (non-hydrogen) atoms. The molecule has 0 fully saturated rings. The van der Waals surface area contributed by atoms with Crippen LogP contribution in [0.2, 0.25) is 0 Å². The molecule has 0 saturated carbocycles. The summed E-state index contributed by atoms with van der Waals surface area (Å²) in [6.45, 7) is 0.811. The average molecular weight is 287 g/mol. The van der Waals surface area contributed by atoms with Crippen LogP contribution >= 0.6 is 0 Å². The maximum Gasteiger partial charge on any atom is 0.289 e. The van der Waals surface area contributed by atoms with Crippen molar-refractivity contribution in [2.45, 2.75) is 24.2 Å². The maximum atomic E-state index is 11.9. The number of benzene rings is 1. The first kappa shape index (κ1) is 15.5. The number of nitrogens with one attached hydrogen (secondary N) is 1. The summed E-state index contributed by atoms with van der Waals surface area (Å²) in [6.07, 6.45) is 2.29. The van der Waals surface area contributed by atoms with Crippen LogP contribution in [0.15, 0.2) is 29.2 Å². The molecule has 0 aromatic heterocycles. The fourth-order valence-corrected chi connectivity index (χ4v) is 2.81. The van der Waals surface area contributed by atoms with Gasteiger partial charge in [-0.2, -0.15) is 0 Å². The topological polar surface area (TPSA) is 115 Å². The Bertz CT molecular complexity index is 530. The van der Waals surface area contributed by atoms with Gasteiger partial charge >= 0.3 is 0 Å². The van der Waals surface area contributed by atoms with Gasteiger partial charge in [0.15, 0.2) is 4.90 Å². The number of hydrogen-bond acceptors (Lipinski definition) is 5. The lowest BCUT2D eigenvalue weighted by Crippen LogP contribution is -2.25. The molecule has 3 N–H and O–H groups in total. The molecule has 0 radical (unpaired) electrons. The van der Waals surface area contributed by atoms with E-state index in [2.05, 4.69) is 4.72 Å². The van der Waals surface area contributed by atoms with E-state index in [0.717, 1.165) is 12.8 Å². The van der Waals surface area contributed by atoms with E-state index in [9.17, 15) is 18.5 Å². The lowest BCUT2D eigenvalue weighted by molar-refractivity contribution is -0.387. The summed E-state index contributed by atoms with van der Waals surface area (Å²) in [5, 5.41) is 10.8. The molecule has 0 aliphatic heterocycles. The van der Waals surface area contributed by atoms with Gasteiger partial charge in [0.2, 0.25) is 10.0 Å². The zero-order chi connectivity index (χ0) is 14.3. The first-order valence-corrected chi connectivity index (χ1v) is 7.40. The van der Waals surface area contributed by atoms with Crippen molar-refractivity contribution in [3.63, 3.8) is 0 Å². The van der Waals surface area contributed by atoms with Gasteiger partial charge in [0.1, 0.15) is 0 Å². The van der Waals surface area contributed by atoms with Gasteiger partial charge < -0.3 is 5.73 Å². The number of sulfonamides is 1. The van der Waals surface area contributed by atoms with Crippen molar-refractivity contribution in [1.29, 1.82) is 0 Å². The van der Waals surface area contributed by atoms with Crippen LogP contribution in [-0.2, 0) is 10.0 Å². The number of nitro benzene ring substituents is 1. The zero-order valence-corrected chi connectivity index (χ0v) is 11.2. The van der Waals surface area contributed by atoms with Crippen LogP contribution in [0.3, 0.4) is 0 Å². The molecule has 0 unspecified atom stereocenters. The second-order valence-corrected chi connectivity index (χ2v) is 5.71. The van der Waals surface area contributed by atoms with E-state index in [1.165, 1.54) is 24.3 Å². The fourth-order valence-electron chi connectivity index (χ4n) is 1.57. The number of para-hydroxylation sites is 1. The normalized spacial score (nSPS) is 11.4. The minimum atomic E-state index is -3.85. The summed E-state index contributed by atoms with van der Waals surface area (Å²) in [5.41, 5.74) is 4.91. The quantitative estimate of drug-likeness (QED) is 0.420. The predicted molar refractivity (Wildman–Crippen MR) is 71.2 cm³/mol. The molecule has 7 nitrogen and oxygen atoms in total. The standard InChI is InChI=1S/C11H17N3O4S/c12-8-4-1-5-9-13-19(17,18)11-7-3-2-6-10(11)14(15)16/h2-3,6-7,13H,1,4-5,8-9,12H2. The third kappa shape index (κ3) is 4.58. The van der Waals surface area contributed by atoms with Gasteiger partial charge in [0, 0.05) is 12.6 Å². The summed E-state index contributed by atoms with van der Waals surface area (Å²) in [4.78, 5) is 9.77. The number of nitrogens with two attached hydrogens (primary N) is 1. The highest BCUT2D eigenvalue weighted by Gasteiger charge is 2.24. The summed E-state index contributed by atoms with van der Waals surface area (Å²) in [7, 11) is -3.85. The van der Waals surface area contributed by atoms with Crippen LogP contribution in [0, 0.1) is 10.1 Å². The summed E-state index contributed by atoms with van der Waals surface area (Å²) < 4.78 is 26.3. The van der Waals surface area contributed by atoms with Crippen molar-refractivity contribution >= 4 is 15.7 Å². The Hall–Kier alpha value is -1.51. The molecule has 0 aliphatic rings. The Balaban J connectivity index is 2.75. The molecular weight excluding hydrogens is 270 g/mol. The molecule has 1 aromatic carbocycles. The van der Waals surface area contributed by atoms with Gasteiger partial charge in [-0.1, -0.05) is 18.6 Å². The van der Waals surface area contributed by atoms with E-state index in [1.807, 2.05) is 0 Å². The van der Waals surface area contributed by atoms with Crippen LogP contribution in [0.5, 0.6) is 0 Å². The Labute approximate surface area is 112 Å². The van der Waals surface area contributed by atoms with Crippen LogP contribution in [0.4, 0.5) is 5.69 Å². The van der Waals surface area contributed by atoms with E-state index < -0.39 is 20.6 Å². The first-order valence-electron chi connectivity index (χ1n) is 5.92. The minimum absolute atomic E-state index is 0.244. The molecule has 1 rings (SSSR count). The van der Waals surface area contributed by atoms with E-state index >= 15 is 0 Å². The third-order valence-electron chi connectivity index (χ3n) is 2.52. The van der Waals surface area contributed by atoms with E-state index in [4.69, 9.17) is 5.73 Å². The highest BCUT2D eigenvalue weighted by Crippen LogP contribution is 2.22. The lowest BCUT2D eigenvalue weighted by atomic mass is 10.2. The Morgan fingerprint density at radius 2 is 1.89 bits per heavy atom. The highest BCUT2D eigenvalue weighted by atomic mass is 32.2. The molecule has 106 valence electrons. The maximum absolute atomic E-state index is 11.9. The SMILES string of the molecule is NCCCCCNS(=O)(=O)c1ccccc1[N+](=O)[O-]. The second kappa shape index (κ2) is 7.17. The fraction of sp³-hybridized carbons (Fsp3) is 0.455. The van der Waals surface area contributed by atoms with Crippen molar-refractivity contribution in [3.8, 4) is 0 Å². The molecule has 8 heteroatoms. The van der Waals surface area contributed by atoms with Crippen LogP contribution < -0.4 is 10.5 Å². The highest BCUT2D eigenvalue weighted by molar-refractivity contribution is 7.89. The van der Waals surface area contributed by atoms with Gasteiger partial charge in [-0.15, -0.1) is 0 Å². The van der Waals surface area contributed by atoms with Gasteiger partial charge in [0.05, 0.1) is 4.92 Å². The van der Waals surface area contributed by atoms with Crippen LogP contribution in [0.1, 0.15) is 19.3 Å². The van der Waals surface area contributed by atoms with E-state index in [-0.39, 0.29) is 11.4 Å². The lowest BCUT2D eigenvalue weighted by Gasteiger charge is -2.06.